The molecule has 0 fully saturated rings. The average Bonchev–Trinajstić information content (AvgIpc) is 3.39. The standard InChI is InChI=1S/C24H19ClN2O2S/c1-2-19(20-11-12-30-24(20)25)23(17-8-9-21-18(13-17)14-26-27-21)16-6-3-15(4-7-16)5-10-22(28)29/h3-14H,2H2,1H3,(H,26,27)(H,28,29)/b10-5+,23-19+. The lowest BCUT2D eigenvalue weighted by atomic mass is 9.88. The van der Waals surface area contributed by atoms with Crippen LogP contribution in [0.5, 0.6) is 0 Å². The van der Waals surface area contributed by atoms with Gasteiger partial charge < -0.3 is 5.11 Å². The summed E-state index contributed by atoms with van der Waals surface area (Å²) in [4.78, 5) is 10.8. The second kappa shape index (κ2) is 8.69. The van der Waals surface area contributed by atoms with Crippen LogP contribution < -0.4 is 0 Å². The van der Waals surface area contributed by atoms with Crippen LogP contribution >= 0.6 is 22.9 Å². The smallest absolute Gasteiger partial charge is 0.328 e. The normalized spacial score (nSPS) is 12.5. The summed E-state index contributed by atoms with van der Waals surface area (Å²) in [7, 11) is 0. The second-order valence-electron chi connectivity index (χ2n) is 6.78. The lowest BCUT2D eigenvalue weighted by molar-refractivity contribution is -0.131. The Bertz CT molecular complexity index is 1270. The number of hydrogen-bond donors (Lipinski definition) is 2. The van der Waals surface area contributed by atoms with Gasteiger partial charge in [-0.05, 0) is 63.9 Å². The van der Waals surface area contributed by atoms with Gasteiger partial charge in [0.2, 0.25) is 0 Å². The monoisotopic (exact) mass is 434 g/mol. The maximum atomic E-state index is 10.8. The van der Waals surface area contributed by atoms with E-state index in [0.29, 0.717) is 0 Å². The van der Waals surface area contributed by atoms with Crippen molar-refractivity contribution in [2.24, 2.45) is 0 Å². The Morgan fingerprint density at radius 1 is 1.17 bits per heavy atom. The molecular formula is C24H19ClN2O2S. The van der Waals surface area contributed by atoms with Crippen molar-refractivity contribution in [1.82, 2.24) is 10.2 Å². The lowest BCUT2D eigenvalue weighted by Crippen LogP contribution is -1.95. The molecule has 0 amide bonds. The third-order valence-electron chi connectivity index (χ3n) is 4.95. The predicted molar refractivity (Wildman–Crippen MR) is 125 cm³/mol. The van der Waals surface area contributed by atoms with Crippen LogP contribution in [0.15, 0.2) is 66.2 Å². The molecular weight excluding hydrogens is 416 g/mol. The predicted octanol–water partition coefficient (Wildman–Crippen LogP) is 6.74. The fourth-order valence-electron chi connectivity index (χ4n) is 3.55. The summed E-state index contributed by atoms with van der Waals surface area (Å²) in [6.45, 7) is 2.13. The van der Waals surface area contributed by atoms with E-state index < -0.39 is 5.97 Å². The van der Waals surface area contributed by atoms with Gasteiger partial charge in [-0.2, -0.15) is 5.10 Å². The van der Waals surface area contributed by atoms with Crippen LogP contribution in [0, 0.1) is 0 Å². The Labute approximate surface area is 183 Å². The summed E-state index contributed by atoms with van der Waals surface area (Å²) in [6, 6.07) is 16.2. The van der Waals surface area contributed by atoms with Crippen LogP contribution in [0.3, 0.4) is 0 Å². The number of halogens is 1. The number of aromatic amines is 1. The molecule has 30 heavy (non-hydrogen) atoms. The van der Waals surface area contributed by atoms with E-state index in [-0.39, 0.29) is 0 Å². The van der Waals surface area contributed by atoms with E-state index >= 15 is 0 Å². The number of nitrogens with zero attached hydrogens (tertiary/aromatic N) is 1. The maximum absolute atomic E-state index is 10.8. The van der Waals surface area contributed by atoms with Gasteiger partial charge >= 0.3 is 5.97 Å². The highest BCUT2D eigenvalue weighted by Gasteiger charge is 2.16. The molecule has 0 bridgehead atoms. The number of benzene rings is 2. The van der Waals surface area contributed by atoms with Gasteiger partial charge in [0.15, 0.2) is 0 Å². The molecule has 4 nitrogen and oxygen atoms in total. The first kappa shape index (κ1) is 20.1. The van der Waals surface area contributed by atoms with E-state index in [1.807, 2.05) is 41.9 Å². The van der Waals surface area contributed by atoms with Gasteiger partial charge in [0.1, 0.15) is 4.34 Å². The number of nitrogens with one attached hydrogen (secondary N) is 1. The van der Waals surface area contributed by atoms with Crippen LogP contribution in [0.4, 0.5) is 0 Å². The van der Waals surface area contributed by atoms with Crippen molar-refractivity contribution < 1.29 is 9.90 Å². The van der Waals surface area contributed by atoms with Crippen LogP contribution in [0.2, 0.25) is 4.34 Å². The van der Waals surface area contributed by atoms with E-state index in [2.05, 4.69) is 35.3 Å². The Morgan fingerprint density at radius 3 is 2.60 bits per heavy atom. The number of aliphatic carboxylic acids is 1. The third kappa shape index (κ3) is 4.08. The topological polar surface area (TPSA) is 66.0 Å². The summed E-state index contributed by atoms with van der Waals surface area (Å²) >= 11 is 8.03. The molecule has 150 valence electrons. The molecule has 2 N–H and O–H groups in total. The minimum Gasteiger partial charge on any atom is -0.478 e. The molecule has 0 unspecified atom stereocenters. The van der Waals surface area contributed by atoms with Crippen molar-refractivity contribution in [2.45, 2.75) is 13.3 Å². The Kier molecular flexibility index (Phi) is 5.84. The highest BCUT2D eigenvalue weighted by Crippen LogP contribution is 2.39. The molecule has 0 spiro atoms. The first-order chi connectivity index (χ1) is 14.6. The molecule has 0 aliphatic heterocycles. The van der Waals surface area contributed by atoms with E-state index in [0.717, 1.165) is 61.1 Å². The van der Waals surface area contributed by atoms with Crippen molar-refractivity contribution in [3.05, 3.63) is 92.8 Å². The van der Waals surface area contributed by atoms with E-state index in [1.165, 1.54) is 11.3 Å². The van der Waals surface area contributed by atoms with Crippen molar-refractivity contribution >= 4 is 57.0 Å². The minimum absolute atomic E-state index is 0.773. The highest BCUT2D eigenvalue weighted by atomic mass is 35.5. The molecule has 0 saturated carbocycles. The fraction of sp³-hybridized carbons (Fsp3) is 0.0833. The second-order valence-corrected chi connectivity index (χ2v) is 8.30. The number of thiophene rings is 1. The quantitative estimate of drug-likeness (QED) is 0.330. The van der Waals surface area contributed by atoms with Gasteiger partial charge in [-0.25, -0.2) is 4.79 Å². The van der Waals surface area contributed by atoms with Gasteiger partial charge in [-0.3, -0.25) is 5.10 Å². The van der Waals surface area contributed by atoms with E-state index in [4.69, 9.17) is 16.7 Å². The number of aromatic nitrogens is 2. The number of carboxylic acid groups (broad SMARTS) is 1. The van der Waals surface area contributed by atoms with Crippen LogP contribution in [-0.4, -0.2) is 21.3 Å². The summed E-state index contributed by atoms with van der Waals surface area (Å²) in [5.74, 6) is -0.964. The van der Waals surface area contributed by atoms with Gasteiger partial charge in [0, 0.05) is 17.0 Å². The van der Waals surface area contributed by atoms with Crippen molar-refractivity contribution in [3.8, 4) is 0 Å². The van der Waals surface area contributed by atoms with Gasteiger partial charge in [-0.15, -0.1) is 11.3 Å². The SMILES string of the molecule is CC/C(=C(/c1ccc(/C=C/C(=O)O)cc1)c1ccc2[nH]ncc2c1)c1ccsc1Cl. The molecule has 0 saturated heterocycles. The van der Waals surface area contributed by atoms with Crippen molar-refractivity contribution in [3.63, 3.8) is 0 Å². The van der Waals surface area contributed by atoms with Gasteiger partial charge in [-0.1, -0.05) is 48.9 Å². The molecule has 0 aliphatic rings. The summed E-state index contributed by atoms with van der Waals surface area (Å²) in [5.41, 5.74) is 7.26. The largest absolute Gasteiger partial charge is 0.478 e. The molecule has 0 atom stereocenters. The van der Waals surface area contributed by atoms with Gasteiger partial charge in [0.25, 0.3) is 0 Å². The number of H-pyrrole nitrogens is 1. The molecule has 2 aromatic heterocycles. The summed E-state index contributed by atoms with van der Waals surface area (Å²) < 4.78 is 0.773. The Balaban J connectivity index is 1.90. The number of carboxylic acids is 1. The average molecular weight is 435 g/mol. The first-order valence-electron chi connectivity index (χ1n) is 9.48. The summed E-state index contributed by atoms with van der Waals surface area (Å²) in [5, 5.41) is 19.0. The van der Waals surface area contributed by atoms with Gasteiger partial charge in [0.05, 0.1) is 11.7 Å². The van der Waals surface area contributed by atoms with Crippen molar-refractivity contribution in [1.29, 1.82) is 0 Å². The van der Waals surface area contributed by atoms with E-state index in [9.17, 15) is 4.79 Å². The number of fused-ring (bicyclic) bond motifs is 1. The number of hydrogen-bond acceptors (Lipinski definition) is 3. The molecule has 6 heteroatoms. The zero-order chi connectivity index (χ0) is 21.1. The number of allylic oxidation sites excluding steroid dienone is 1. The first-order valence-corrected chi connectivity index (χ1v) is 10.7. The van der Waals surface area contributed by atoms with E-state index in [1.54, 1.807) is 6.08 Å². The zero-order valence-electron chi connectivity index (χ0n) is 16.2. The fourth-order valence-corrected chi connectivity index (χ4v) is 4.53. The summed E-state index contributed by atoms with van der Waals surface area (Å²) in [6.07, 6.45) is 5.36. The molecule has 0 radical (unpaired) electrons. The van der Waals surface area contributed by atoms with Crippen LogP contribution in [-0.2, 0) is 4.79 Å². The lowest BCUT2D eigenvalue weighted by Gasteiger charge is -2.16. The number of carbonyl (C=O) groups is 1. The minimum atomic E-state index is -0.964. The third-order valence-corrected chi connectivity index (χ3v) is 6.11. The molecule has 4 aromatic rings. The zero-order valence-corrected chi connectivity index (χ0v) is 17.8. The highest BCUT2D eigenvalue weighted by molar-refractivity contribution is 7.14. The number of rotatable bonds is 6. The van der Waals surface area contributed by atoms with Crippen LogP contribution in [0.25, 0.3) is 28.1 Å². The van der Waals surface area contributed by atoms with Crippen LogP contribution in [0.1, 0.15) is 35.6 Å². The molecule has 2 heterocycles. The van der Waals surface area contributed by atoms with Crippen molar-refractivity contribution in [2.75, 3.05) is 0 Å². The maximum Gasteiger partial charge on any atom is 0.328 e. The molecule has 2 aromatic carbocycles. The Morgan fingerprint density at radius 2 is 1.93 bits per heavy atom. The molecule has 4 rings (SSSR count). The Hall–Kier alpha value is -3.15. The molecule has 0 aliphatic carbocycles.